The zero-order valence-corrected chi connectivity index (χ0v) is 23.9. The lowest BCUT2D eigenvalue weighted by molar-refractivity contribution is -0.117. The van der Waals surface area contributed by atoms with Crippen LogP contribution in [0.3, 0.4) is 0 Å². The molecule has 0 aliphatic carbocycles. The number of aromatic nitrogens is 1. The number of piperazine rings is 1. The van der Waals surface area contributed by atoms with Crippen LogP contribution in [0, 0.1) is 25.2 Å². The summed E-state index contributed by atoms with van der Waals surface area (Å²) in [5.74, 6) is 0.444. The summed E-state index contributed by atoms with van der Waals surface area (Å²) in [6.45, 7) is 6.57. The number of para-hydroxylation sites is 1. The summed E-state index contributed by atoms with van der Waals surface area (Å²) in [4.78, 5) is 32.3. The fraction of sp³-hybridized carbons (Fsp3) is 0.273. The second-order valence-corrected chi connectivity index (χ2v) is 10.8. The van der Waals surface area contributed by atoms with Gasteiger partial charge in [-0.05, 0) is 55.3 Å². The Labute approximate surface area is 244 Å². The Morgan fingerprint density at radius 2 is 1.76 bits per heavy atom. The molecular weight excluding hydrogens is 528 g/mol. The number of likely N-dealkylation sites (N-methyl/N-ethyl adjacent to an activating group) is 1. The molecule has 1 atom stereocenters. The normalized spacial score (nSPS) is 16.6. The van der Waals surface area contributed by atoms with Crippen molar-refractivity contribution in [3.05, 3.63) is 106 Å². The molecule has 1 unspecified atom stereocenters. The molecule has 6 rings (SSSR count). The van der Waals surface area contributed by atoms with Gasteiger partial charge < -0.3 is 19.6 Å². The van der Waals surface area contributed by atoms with Crippen molar-refractivity contribution in [1.82, 2.24) is 10.1 Å². The fourth-order valence-corrected chi connectivity index (χ4v) is 6.03. The lowest BCUT2D eigenvalue weighted by Crippen LogP contribution is -2.48. The van der Waals surface area contributed by atoms with Gasteiger partial charge in [-0.15, -0.1) is 0 Å². The Morgan fingerprint density at radius 1 is 1.05 bits per heavy atom. The van der Waals surface area contributed by atoms with Gasteiger partial charge >= 0.3 is 0 Å². The maximum absolute atomic E-state index is 13.0. The molecule has 2 aliphatic rings. The van der Waals surface area contributed by atoms with Gasteiger partial charge in [0.15, 0.2) is 0 Å². The van der Waals surface area contributed by atoms with Crippen molar-refractivity contribution in [3.63, 3.8) is 0 Å². The van der Waals surface area contributed by atoms with Crippen molar-refractivity contribution in [2.75, 3.05) is 48.3 Å². The molecule has 1 N–H and O–H groups in total. The number of nitrogens with one attached hydrogen (secondary N) is 1. The predicted octanol–water partition coefficient (Wildman–Crippen LogP) is 4.85. The number of hydrogen-bond acceptors (Lipinski definition) is 7. The van der Waals surface area contributed by atoms with Crippen LogP contribution in [0.2, 0.25) is 0 Å². The number of amides is 2. The fourth-order valence-electron chi connectivity index (χ4n) is 6.03. The van der Waals surface area contributed by atoms with Crippen LogP contribution in [0.4, 0.5) is 17.1 Å². The summed E-state index contributed by atoms with van der Waals surface area (Å²) in [7, 11) is 1.72. The summed E-state index contributed by atoms with van der Waals surface area (Å²) < 4.78 is 5.20. The topological polar surface area (TPSA) is 106 Å². The molecule has 1 saturated heterocycles. The van der Waals surface area contributed by atoms with Crippen LogP contribution in [0.5, 0.6) is 0 Å². The van der Waals surface area contributed by atoms with Gasteiger partial charge in [0.05, 0.1) is 29.4 Å². The molecule has 42 heavy (non-hydrogen) atoms. The van der Waals surface area contributed by atoms with E-state index in [1.807, 2.05) is 61.5 Å². The zero-order valence-electron chi connectivity index (χ0n) is 23.9. The zero-order chi connectivity index (χ0) is 29.4. The lowest BCUT2D eigenvalue weighted by Gasteiger charge is -2.41. The van der Waals surface area contributed by atoms with E-state index in [1.54, 1.807) is 24.9 Å². The van der Waals surface area contributed by atoms with Crippen molar-refractivity contribution in [3.8, 4) is 6.07 Å². The lowest BCUT2D eigenvalue weighted by atomic mass is 9.93. The quantitative estimate of drug-likeness (QED) is 0.372. The Morgan fingerprint density at radius 3 is 2.48 bits per heavy atom. The number of carbonyl (C=O) groups excluding carboxylic acids is 2. The Kier molecular flexibility index (Phi) is 7.23. The van der Waals surface area contributed by atoms with E-state index in [0.29, 0.717) is 28.3 Å². The van der Waals surface area contributed by atoms with E-state index in [9.17, 15) is 14.9 Å². The van der Waals surface area contributed by atoms with Gasteiger partial charge in [0.2, 0.25) is 5.91 Å². The van der Waals surface area contributed by atoms with E-state index in [0.717, 1.165) is 54.2 Å². The van der Waals surface area contributed by atoms with Crippen molar-refractivity contribution in [2.45, 2.75) is 26.3 Å². The summed E-state index contributed by atoms with van der Waals surface area (Å²) in [5.41, 5.74) is 7.15. The van der Waals surface area contributed by atoms with Crippen LogP contribution in [-0.2, 0) is 11.2 Å². The van der Waals surface area contributed by atoms with E-state index < -0.39 is 0 Å². The average Bonchev–Trinajstić information content (AvgIpc) is 3.26. The van der Waals surface area contributed by atoms with Crippen LogP contribution >= 0.6 is 0 Å². The summed E-state index contributed by atoms with van der Waals surface area (Å²) >= 11 is 0. The largest absolute Gasteiger partial charge is 0.368 e. The Hall–Kier alpha value is -4.94. The number of hydrogen-bond donors (Lipinski definition) is 1. The number of anilines is 3. The highest BCUT2D eigenvalue weighted by Crippen LogP contribution is 2.39. The van der Waals surface area contributed by atoms with Crippen molar-refractivity contribution < 1.29 is 14.1 Å². The molecule has 3 aromatic carbocycles. The SMILES string of the molecule is Cc1noc(C)c1CC(=O)N(C)c1ccc(N2CCN(C3c4ccccc4NC(=O)c4ccccc43)CC2)c(C#N)c1. The van der Waals surface area contributed by atoms with Crippen LogP contribution in [0.1, 0.15) is 50.1 Å². The minimum atomic E-state index is -0.105. The number of benzene rings is 3. The highest BCUT2D eigenvalue weighted by molar-refractivity contribution is 6.07. The summed E-state index contributed by atoms with van der Waals surface area (Å²) in [5, 5.41) is 17.1. The van der Waals surface area contributed by atoms with E-state index in [2.05, 4.69) is 32.4 Å². The van der Waals surface area contributed by atoms with Crippen LogP contribution in [0.15, 0.2) is 71.3 Å². The summed E-state index contributed by atoms with van der Waals surface area (Å²) in [6.07, 6.45) is 0.178. The number of nitrogens with zero attached hydrogens (tertiary/aromatic N) is 5. The van der Waals surface area contributed by atoms with Crippen LogP contribution in [-0.4, -0.2) is 55.1 Å². The first kappa shape index (κ1) is 27.2. The molecule has 212 valence electrons. The molecule has 0 spiro atoms. The smallest absolute Gasteiger partial charge is 0.256 e. The molecule has 3 heterocycles. The monoisotopic (exact) mass is 560 g/mol. The van der Waals surface area contributed by atoms with E-state index >= 15 is 0 Å². The van der Waals surface area contributed by atoms with E-state index in [4.69, 9.17) is 4.52 Å². The van der Waals surface area contributed by atoms with Crippen LogP contribution in [0.25, 0.3) is 0 Å². The first-order chi connectivity index (χ1) is 20.4. The molecule has 1 fully saturated rings. The third-order valence-corrected chi connectivity index (χ3v) is 8.39. The van der Waals surface area contributed by atoms with Gasteiger partial charge in [0, 0.05) is 55.7 Å². The molecule has 0 saturated carbocycles. The number of nitriles is 1. The highest BCUT2D eigenvalue weighted by atomic mass is 16.5. The minimum absolute atomic E-state index is 0.0614. The molecule has 2 amide bonds. The second-order valence-electron chi connectivity index (χ2n) is 10.8. The maximum Gasteiger partial charge on any atom is 0.256 e. The minimum Gasteiger partial charge on any atom is -0.368 e. The number of rotatable bonds is 5. The van der Waals surface area contributed by atoms with Crippen LogP contribution < -0.4 is 15.1 Å². The molecule has 4 aromatic rings. The summed E-state index contributed by atoms with van der Waals surface area (Å²) in [6, 6.07) is 23.7. The third-order valence-electron chi connectivity index (χ3n) is 8.39. The number of carbonyl (C=O) groups is 2. The molecular formula is C33H32N6O3. The van der Waals surface area contributed by atoms with Gasteiger partial charge in [-0.2, -0.15) is 5.26 Å². The average molecular weight is 561 g/mol. The van der Waals surface area contributed by atoms with E-state index in [1.165, 1.54) is 0 Å². The number of fused-ring (bicyclic) bond motifs is 2. The van der Waals surface area contributed by atoms with E-state index in [-0.39, 0.29) is 24.3 Å². The standard InChI is InChI=1S/C33H32N6O3/c1-21-28(22(2)42-36-21)19-31(40)37(3)24-12-13-30(23(18-24)20-34)38-14-16-39(17-15-38)32-25-8-4-5-9-26(25)33(41)35-29-11-7-6-10-27(29)32/h4-13,18,32H,14-17,19H2,1-3H3,(H,35,41). The first-order valence-electron chi connectivity index (χ1n) is 14.1. The maximum atomic E-state index is 13.0. The predicted molar refractivity (Wildman–Crippen MR) is 161 cm³/mol. The van der Waals surface area contributed by atoms with Gasteiger partial charge in [0.1, 0.15) is 11.8 Å². The molecule has 1 aromatic heterocycles. The Balaban J connectivity index is 1.21. The molecule has 9 heteroatoms. The molecule has 0 bridgehead atoms. The number of aryl methyl sites for hydroxylation is 2. The second kappa shape index (κ2) is 11.1. The van der Waals surface area contributed by atoms with Gasteiger partial charge in [-0.1, -0.05) is 41.6 Å². The van der Waals surface area contributed by atoms with Gasteiger partial charge in [-0.3, -0.25) is 14.5 Å². The first-order valence-corrected chi connectivity index (χ1v) is 14.1. The van der Waals surface area contributed by atoms with Gasteiger partial charge in [0.25, 0.3) is 5.91 Å². The van der Waals surface area contributed by atoms with Crippen molar-refractivity contribution >= 4 is 28.9 Å². The van der Waals surface area contributed by atoms with Crippen molar-refractivity contribution in [2.24, 2.45) is 0 Å². The molecule has 0 radical (unpaired) electrons. The van der Waals surface area contributed by atoms with Gasteiger partial charge in [-0.25, -0.2) is 0 Å². The molecule has 2 aliphatic heterocycles. The third kappa shape index (κ3) is 4.91. The molecule has 9 nitrogen and oxygen atoms in total. The highest BCUT2D eigenvalue weighted by Gasteiger charge is 2.33. The van der Waals surface area contributed by atoms with Crippen molar-refractivity contribution in [1.29, 1.82) is 5.26 Å². The Bertz CT molecular complexity index is 1690.